The summed E-state index contributed by atoms with van der Waals surface area (Å²) in [7, 11) is 0. The first-order chi connectivity index (χ1) is 11.8. The minimum Gasteiger partial charge on any atom is -0.393 e. The fourth-order valence-corrected chi connectivity index (χ4v) is 3.77. The van der Waals surface area contributed by atoms with Crippen LogP contribution in [0.1, 0.15) is 31.2 Å². The molecule has 0 spiro atoms. The van der Waals surface area contributed by atoms with Crippen molar-refractivity contribution in [3.05, 3.63) is 35.9 Å². The highest BCUT2D eigenvalue weighted by Crippen LogP contribution is 2.32. The van der Waals surface area contributed by atoms with Gasteiger partial charge in [-0.05, 0) is 18.4 Å². The van der Waals surface area contributed by atoms with Crippen LogP contribution in [0, 0.1) is 5.92 Å². The lowest BCUT2D eigenvalue weighted by Gasteiger charge is -2.40. The van der Waals surface area contributed by atoms with Gasteiger partial charge in [-0.25, -0.2) is 0 Å². The predicted octanol–water partition coefficient (Wildman–Crippen LogP) is 1.98. The lowest BCUT2D eigenvalue weighted by Crippen LogP contribution is -2.53. The first kappa shape index (κ1) is 17.4. The molecule has 1 aromatic carbocycles. The van der Waals surface area contributed by atoms with Crippen LogP contribution in [0.4, 0.5) is 0 Å². The third-order valence-electron chi connectivity index (χ3n) is 5.08. The Kier molecular flexibility index (Phi) is 6.24. The summed E-state index contributed by atoms with van der Waals surface area (Å²) in [6, 6.07) is 9.98. The van der Waals surface area contributed by atoms with Gasteiger partial charge >= 0.3 is 0 Å². The molecule has 24 heavy (non-hydrogen) atoms. The number of nitrogens with zero attached hydrogens (tertiary/aromatic N) is 1. The lowest BCUT2D eigenvalue weighted by molar-refractivity contribution is -0.145. The monoisotopic (exact) mass is 333 g/mol. The van der Waals surface area contributed by atoms with E-state index in [1.54, 1.807) is 0 Å². The van der Waals surface area contributed by atoms with Crippen LogP contribution < -0.4 is 0 Å². The van der Waals surface area contributed by atoms with E-state index in [0.717, 1.165) is 24.8 Å². The van der Waals surface area contributed by atoms with Crippen molar-refractivity contribution in [1.29, 1.82) is 0 Å². The molecule has 0 aromatic heterocycles. The van der Waals surface area contributed by atoms with Gasteiger partial charge in [0.05, 0.1) is 45.0 Å². The van der Waals surface area contributed by atoms with E-state index in [1.807, 2.05) is 35.2 Å². The molecule has 1 aliphatic carbocycles. The summed E-state index contributed by atoms with van der Waals surface area (Å²) in [5.74, 6) is 0.259. The van der Waals surface area contributed by atoms with Crippen LogP contribution in [0.3, 0.4) is 0 Å². The van der Waals surface area contributed by atoms with Gasteiger partial charge in [-0.1, -0.05) is 36.8 Å². The van der Waals surface area contributed by atoms with E-state index in [2.05, 4.69) is 0 Å². The van der Waals surface area contributed by atoms with Gasteiger partial charge < -0.3 is 19.5 Å². The minimum absolute atomic E-state index is 0.0119. The highest BCUT2D eigenvalue weighted by molar-refractivity contribution is 5.76. The summed E-state index contributed by atoms with van der Waals surface area (Å²) in [4.78, 5) is 14.5. The van der Waals surface area contributed by atoms with Gasteiger partial charge in [-0.15, -0.1) is 0 Å². The molecule has 1 aliphatic heterocycles. The third-order valence-corrected chi connectivity index (χ3v) is 5.08. The summed E-state index contributed by atoms with van der Waals surface area (Å²) in [5, 5.41) is 10.2. The Balaban J connectivity index is 1.47. The fourth-order valence-electron chi connectivity index (χ4n) is 3.77. The van der Waals surface area contributed by atoms with Gasteiger partial charge in [0, 0.05) is 12.5 Å². The maximum absolute atomic E-state index is 12.6. The van der Waals surface area contributed by atoms with Gasteiger partial charge in [0.2, 0.25) is 5.91 Å². The molecule has 1 saturated carbocycles. The molecular weight excluding hydrogens is 306 g/mol. The highest BCUT2D eigenvalue weighted by Gasteiger charge is 2.39. The SMILES string of the molecule is O=C(CCOCc1ccccc1)N1CCOC[C@@H]1[C@H]1CCC[C@H]1O. The van der Waals surface area contributed by atoms with Crippen molar-refractivity contribution in [3.63, 3.8) is 0 Å². The summed E-state index contributed by atoms with van der Waals surface area (Å²) < 4.78 is 11.2. The van der Waals surface area contributed by atoms with Crippen molar-refractivity contribution in [1.82, 2.24) is 4.90 Å². The normalized spacial score (nSPS) is 27.4. The molecule has 1 heterocycles. The van der Waals surface area contributed by atoms with Gasteiger partial charge in [0.15, 0.2) is 0 Å². The second-order valence-electron chi connectivity index (χ2n) is 6.68. The van der Waals surface area contributed by atoms with E-state index >= 15 is 0 Å². The quantitative estimate of drug-likeness (QED) is 0.809. The van der Waals surface area contributed by atoms with Crippen LogP contribution in [0.2, 0.25) is 0 Å². The van der Waals surface area contributed by atoms with Crippen molar-refractivity contribution in [2.75, 3.05) is 26.4 Å². The minimum atomic E-state index is -0.304. The molecule has 1 saturated heterocycles. The molecule has 0 bridgehead atoms. The molecule has 5 heteroatoms. The second kappa shape index (κ2) is 8.60. The maximum atomic E-state index is 12.6. The van der Waals surface area contributed by atoms with Gasteiger partial charge in [-0.3, -0.25) is 4.79 Å². The molecule has 0 radical (unpaired) electrons. The Morgan fingerprint density at radius 3 is 2.88 bits per heavy atom. The number of aliphatic hydroxyl groups excluding tert-OH is 1. The highest BCUT2D eigenvalue weighted by atomic mass is 16.5. The Labute approximate surface area is 143 Å². The summed E-state index contributed by atoms with van der Waals surface area (Å²) in [6.45, 7) is 2.69. The lowest BCUT2D eigenvalue weighted by atomic mass is 9.94. The van der Waals surface area contributed by atoms with Crippen LogP contribution in [-0.4, -0.2) is 54.4 Å². The number of morpholine rings is 1. The van der Waals surface area contributed by atoms with Crippen LogP contribution in [0.15, 0.2) is 30.3 Å². The number of aliphatic hydroxyl groups is 1. The Morgan fingerprint density at radius 2 is 2.12 bits per heavy atom. The van der Waals surface area contributed by atoms with Crippen molar-refractivity contribution < 1.29 is 19.4 Å². The van der Waals surface area contributed by atoms with Crippen LogP contribution in [-0.2, 0) is 20.9 Å². The maximum Gasteiger partial charge on any atom is 0.225 e. The molecular formula is C19H27NO4. The Bertz CT molecular complexity index is 521. The van der Waals surface area contributed by atoms with E-state index in [1.165, 1.54) is 0 Å². The molecule has 1 amide bonds. The second-order valence-corrected chi connectivity index (χ2v) is 6.68. The number of rotatable bonds is 6. The molecule has 0 unspecified atom stereocenters. The molecule has 3 rings (SSSR count). The zero-order valence-corrected chi connectivity index (χ0v) is 14.1. The number of hydrogen-bond acceptors (Lipinski definition) is 4. The number of ether oxygens (including phenoxy) is 2. The number of carbonyl (C=O) groups is 1. The zero-order chi connectivity index (χ0) is 16.8. The van der Waals surface area contributed by atoms with Gasteiger partial charge in [0.1, 0.15) is 0 Å². The average molecular weight is 333 g/mol. The number of carbonyl (C=O) groups excluding carboxylic acids is 1. The van der Waals surface area contributed by atoms with Crippen LogP contribution >= 0.6 is 0 Å². The van der Waals surface area contributed by atoms with Crippen LogP contribution in [0.25, 0.3) is 0 Å². The largest absolute Gasteiger partial charge is 0.393 e. The number of amides is 1. The van der Waals surface area contributed by atoms with E-state index < -0.39 is 0 Å². The van der Waals surface area contributed by atoms with E-state index in [0.29, 0.717) is 39.4 Å². The van der Waals surface area contributed by atoms with Gasteiger partial charge in [-0.2, -0.15) is 0 Å². The van der Waals surface area contributed by atoms with E-state index in [4.69, 9.17) is 9.47 Å². The molecule has 5 nitrogen and oxygen atoms in total. The zero-order valence-electron chi connectivity index (χ0n) is 14.1. The molecule has 3 atom stereocenters. The first-order valence-corrected chi connectivity index (χ1v) is 8.92. The molecule has 2 fully saturated rings. The third kappa shape index (κ3) is 4.35. The van der Waals surface area contributed by atoms with Crippen LogP contribution in [0.5, 0.6) is 0 Å². The van der Waals surface area contributed by atoms with Crippen molar-refractivity contribution in [3.8, 4) is 0 Å². The average Bonchev–Trinajstić information content (AvgIpc) is 3.05. The fraction of sp³-hybridized carbons (Fsp3) is 0.632. The van der Waals surface area contributed by atoms with Crippen molar-refractivity contribution in [2.45, 2.75) is 44.4 Å². The summed E-state index contributed by atoms with van der Waals surface area (Å²) in [5.41, 5.74) is 1.11. The van der Waals surface area contributed by atoms with E-state index in [-0.39, 0.29) is 24.0 Å². The standard InChI is InChI=1S/C19H27NO4/c21-18-8-4-7-16(18)17-14-24-12-10-20(17)19(22)9-11-23-13-15-5-2-1-3-6-15/h1-3,5-6,16-18,21H,4,7-14H2/t16-,17-,18-/m1/s1. The molecule has 1 N–H and O–H groups in total. The summed E-state index contributed by atoms with van der Waals surface area (Å²) >= 11 is 0. The topological polar surface area (TPSA) is 59.0 Å². The van der Waals surface area contributed by atoms with Gasteiger partial charge in [0.25, 0.3) is 0 Å². The molecule has 132 valence electrons. The Morgan fingerprint density at radius 1 is 1.29 bits per heavy atom. The smallest absolute Gasteiger partial charge is 0.225 e. The van der Waals surface area contributed by atoms with E-state index in [9.17, 15) is 9.90 Å². The summed E-state index contributed by atoms with van der Waals surface area (Å²) in [6.07, 6.45) is 2.92. The van der Waals surface area contributed by atoms with Crippen molar-refractivity contribution in [2.24, 2.45) is 5.92 Å². The predicted molar refractivity (Wildman–Crippen MR) is 90.4 cm³/mol. The number of benzene rings is 1. The van der Waals surface area contributed by atoms with Crippen molar-refractivity contribution >= 4 is 5.91 Å². The molecule has 2 aliphatic rings. The number of hydrogen-bond donors (Lipinski definition) is 1. The first-order valence-electron chi connectivity index (χ1n) is 8.92. The Hall–Kier alpha value is -1.43. The molecule has 1 aromatic rings.